The molecule has 1 amide bonds. The molecule has 122 valence electrons. The van der Waals surface area contributed by atoms with Crippen LogP contribution in [-0.2, 0) is 6.54 Å². The Hall–Kier alpha value is -2.40. The molecule has 5 heteroatoms. The number of benzene rings is 2. The molecule has 3 aromatic rings. The fraction of sp³-hybridized carbons (Fsp3) is 0.158. The first-order chi connectivity index (χ1) is 11.6. The number of carbonyl (C=O) groups excluding carboxylic acids is 1. The van der Waals surface area contributed by atoms with E-state index in [1.54, 1.807) is 7.05 Å². The molecule has 24 heavy (non-hydrogen) atoms. The minimum absolute atomic E-state index is 0.0732. The average molecular weight is 384 g/mol. The molecular weight excluding hydrogens is 366 g/mol. The van der Waals surface area contributed by atoms with Crippen LogP contribution in [0.15, 0.2) is 59.1 Å². The van der Waals surface area contributed by atoms with E-state index in [4.69, 9.17) is 4.98 Å². The van der Waals surface area contributed by atoms with Crippen LogP contribution in [0, 0.1) is 0 Å². The molecule has 1 N–H and O–H groups in total. The summed E-state index contributed by atoms with van der Waals surface area (Å²) in [4.78, 5) is 18.4. The molecule has 4 nitrogen and oxygen atoms in total. The van der Waals surface area contributed by atoms with Crippen LogP contribution >= 0.6 is 15.9 Å². The first kappa shape index (κ1) is 16.5. The van der Waals surface area contributed by atoms with Gasteiger partial charge in [-0.2, -0.15) is 0 Å². The zero-order chi connectivity index (χ0) is 17.1. The van der Waals surface area contributed by atoms with E-state index in [1.165, 1.54) is 0 Å². The summed E-state index contributed by atoms with van der Waals surface area (Å²) in [6.45, 7) is 0.719. The first-order valence-electron chi connectivity index (χ1n) is 7.66. The van der Waals surface area contributed by atoms with E-state index in [9.17, 15) is 4.79 Å². The zero-order valence-electron chi connectivity index (χ0n) is 13.6. The number of aromatic nitrogens is 1. The highest BCUT2D eigenvalue weighted by Gasteiger charge is 2.08. The molecule has 0 bridgehead atoms. The largest absolute Gasteiger partial charge is 0.355 e. The fourth-order valence-corrected chi connectivity index (χ4v) is 3.04. The van der Waals surface area contributed by atoms with E-state index < -0.39 is 0 Å². The van der Waals surface area contributed by atoms with E-state index in [0.29, 0.717) is 5.56 Å². The van der Waals surface area contributed by atoms with Crippen LogP contribution in [0.3, 0.4) is 0 Å². The van der Waals surface area contributed by atoms with Crippen LogP contribution in [0.2, 0.25) is 0 Å². The van der Waals surface area contributed by atoms with Crippen LogP contribution in [0.25, 0.3) is 10.9 Å². The highest BCUT2D eigenvalue weighted by molar-refractivity contribution is 9.10. The Balaban J connectivity index is 1.80. The number of pyridine rings is 1. The van der Waals surface area contributed by atoms with E-state index >= 15 is 0 Å². The second kappa shape index (κ2) is 7.01. The van der Waals surface area contributed by atoms with Crippen molar-refractivity contribution in [2.75, 3.05) is 19.0 Å². The number of para-hydroxylation sites is 1. The van der Waals surface area contributed by atoms with Crippen LogP contribution in [-0.4, -0.2) is 25.0 Å². The molecule has 0 saturated carbocycles. The van der Waals surface area contributed by atoms with Crippen molar-refractivity contribution in [3.8, 4) is 0 Å². The lowest BCUT2D eigenvalue weighted by Gasteiger charge is -2.19. The summed E-state index contributed by atoms with van der Waals surface area (Å²) in [5.41, 5.74) is 2.74. The molecule has 0 spiro atoms. The van der Waals surface area contributed by atoms with Gasteiger partial charge in [-0.15, -0.1) is 0 Å². The minimum atomic E-state index is -0.0732. The van der Waals surface area contributed by atoms with Gasteiger partial charge in [0.05, 0.1) is 5.52 Å². The number of rotatable bonds is 4. The number of hydrogen-bond acceptors (Lipinski definition) is 3. The molecule has 0 atom stereocenters. The van der Waals surface area contributed by atoms with Gasteiger partial charge in [0.1, 0.15) is 5.82 Å². The summed E-state index contributed by atoms with van der Waals surface area (Å²) in [6.07, 6.45) is 0. The Morgan fingerprint density at radius 2 is 1.88 bits per heavy atom. The molecule has 0 radical (unpaired) electrons. The lowest BCUT2D eigenvalue weighted by molar-refractivity contribution is 0.0963. The smallest absolute Gasteiger partial charge is 0.251 e. The molecule has 1 heterocycles. The first-order valence-corrected chi connectivity index (χ1v) is 8.45. The molecule has 0 aliphatic heterocycles. The summed E-state index contributed by atoms with van der Waals surface area (Å²) in [5, 5.41) is 3.73. The van der Waals surface area contributed by atoms with Crippen molar-refractivity contribution in [2.24, 2.45) is 0 Å². The Kier molecular flexibility index (Phi) is 4.81. The Bertz CT molecular complexity index is 877. The standard InChI is InChI=1S/C19H18BrN3O/c1-21-19(24)15-8-6-13(7-9-15)12-23(2)17-11-10-14-4-3-5-16(20)18(14)22-17/h3-11H,12H2,1-2H3,(H,21,24). The molecule has 0 aliphatic carbocycles. The molecule has 0 unspecified atom stereocenters. The van der Waals surface area contributed by atoms with Gasteiger partial charge in [-0.3, -0.25) is 4.79 Å². The topological polar surface area (TPSA) is 45.2 Å². The molecular formula is C19H18BrN3O. The lowest BCUT2D eigenvalue weighted by atomic mass is 10.1. The van der Waals surface area contributed by atoms with Gasteiger partial charge in [0, 0.05) is 36.1 Å². The van der Waals surface area contributed by atoms with Crippen molar-refractivity contribution < 1.29 is 4.79 Å². The normalized spacial score (nSPS) is 10.6. The van der Waals surface area contributed by atoms with E-state index in [-0.39, 0.29) is 5.91 Å². The quantitative estimate of drug-likeness (QED) is 0.740. The summed E-state index contributed by atoms with van der Waals surface area (Å²) in [5.74, 6) is 0.834. The second-order valence-corrected chi connectivity index (χ2v) is 6.47. The van der Waals surface area contributed by atoms with Crippen LogP contribution in [0.5, 0.6) is 0 Å². The fourth-order valence-electron chi connectivity index (χ4n) is 2.57. The van der Waals surface area contributed by atoms with Gasteiger partial charge in [0.25, 0.3) is 5.91 Å². The lowest BCUT2D eigenvalue weighted by Crippen LogP contribution is -2.19. The van der Waals surface area contributed by atoms with E-state index in [1.807, 2.05) is 55.6 Å². The van der Waals surface area contributed by atoms with Crippen LogP contribution in [0.1, 0.15) is 15.9 Å². The predicted octanol–water partition coefficient (Wildman–Crippen LogP) is 3.99. The molecule has 0 fully saturated rings. The van der Waals surface area contributed by atoms with Gasteiger partial charge in [-0.1, -0.05) is 24.3 Å². The number of hydrogen-bond donors (Lipinski definition) is 1. The molecule has 1 aromatic heterocycles. The monoisotopic (exact) mass is 383 g/mol. The summed E-state index contributed by atoms with van der Waals surface area (Å²) in [7, 11) is 3.64. The number of nitrogens with zero attached hydrogens (tertiary/aromatic N) is 2. The number of carbonyl (C=O) groups is 1. The molecule has 0 aliphatic rings. The third-order valence-corrected chi connectivity index (χ3v) is 4.55. The summed E-state index contributed by atoms with van der Waals surface area (Å²) < 4.78 is 0.991. The highest BCUT2D eigenvalue weighted by atomic mass is 79.9. The van der Waals surface area contributed by atoms with Crippen molar-refractivity contribution in [1.29, 1.82) is 0 Å². The van der Waals surface area contributed by atoms with E-state index in [0.717, 1.165) is 33.3 Å². The maximum absolute atomic E-state index is 11.6. The van der Waals surface area contributed by atoms with Gasteiger partial charge in [-0.05, 0) is 51.8 Å². The number of nitrogens with one attached hydrogen (secondary N) is 1. The minimum Gasteiger partial charge on any atom is -0.355 e. The van der Waals surface area contributed by atoms with Crippen molar-refractivity contribution in [2.45, 2.75) is 6.54 Å². The maximum atomic E-state index is 11.6. The summed E-state index contributed by atoms with van der Waals surface area (Å²) in [6, 6.07) is 17.8. The SMILES string of the molecule is CNC(=O)c1ccc(CN(C)c2ccc3cccc(Br)c3n2)cc1. The van der Waals surface area contributed by atoms with Crippen LogP contribution in [0.4, 0.5) is 5.82 Å². The highest BCUT2D eigenvalue weighted by Crippen LogP contribution is 2.25. The number of anilines is 1. The molecule has 3 rings (SSSR count). The van der Waals surface area contributed by atoms with Crippen molar-refractivity contribution in [3.05, 3.63) is 70.2 Å². The third-order valence-electron chi connectivity index (χ3n) is 3.91. The van der Waals surface area contributed by atoms with Crippen molar-refractivity contribution >= 4 is 38.6 Å². The van der Waals surface area contributed by atoms with Gasteiger partial charge in [-0.25, -0.2) is 4.98 Å². The van der Waals surface area contributed by atoms with Crippen LogP contribution < -0.4 is 10.2 Å². The zero-order valence-corrected chi connectivity index (χ0v) is 15.2. The summed E-state index contributed by atoms with van der Waals surface area (Å²) >= 11 is 3.56. The molecule has 0 saturated heterocycles. The Labute approximate surface area is 149 Å². The number of halogens is 1. The Morgan fingerprint density at radius 1 is 1.12 bits per heavy atom. The van der Waals surface area contributed by atoms with Gasteiger partial charge < -0.3 is 10.2 Å². The molecule has 2 aromatic carbocycles. The second-order valence-electron chi connectivity index (χ2n) is 5.61. The average Bonchev–Trinajstić information content (AvgIpc) is 2.61. The third kappa shape index (κ3) is 3.41. The maximum Gasteiger partial charge on any atom is 0.251 e. The van der Waals surface area contributed by atoms with Crippen molar-refractivity contribution in [1.82, 2.24) is 10.3 Å². The van der Waals surface area contributed by atoms with Gasteiger partial charge in [0.15, 0.2) is 0 Å². The van der Waals surface area contributed by atoms with E-state index in [2.05, 4.69) is 32.2 Å². The van der Waals surface area contributed by atoms with Gasteiger partial charge in [0.2, 0.25) is 0 Å². The predicted molar refractivity (Wildman–Crippen MR) is 101 cm³/mol. The van der Waals surface area contributed by atoms with Crippen molar-refractivity contribution in [3.63, 3.8) is 0 Å². The number of fused-ring (bicyclic) bond motifs is 1. The Morgan fingerprint density at radius 3 is 2.58 bits per heavy atom. The number of amides is 1. The van der Waals surface area contributed by atoms with Gasteiger partial charge >= 0.3 is 0 Å².